The Morgan fingerprint density at radius 1 is 1.24 bits per heavy atom. The Morgan fingerprint density at radius 2 is 2.10 bits per heavy atom. The lowest BCUT2D eigenvalue weighted by Gasteiger charge is -2.46. The van der Waals surface area contributed by atoms with E-state index in [4.69, 9.17) is 4.74 Å². The molecular formula is C17H26N2O2. The lowest BCUT2D eigenvalue weighted by Crippen LogP contribution is -2.55. The minimum absolute atomic E-state index is 0.250. The van der Waals surface area contributed by atoms with Gasteiger partial charge in [-0.2, -0.15) is 0 Å². The highest BCUT2D eigenvalue weighted by atomic mass is 16.5. The summed E-state index contributed by atoms with van der Waals surface area (Å²) in [4.78, 5) is 5.15. The summed E-state index contributed by atoms with van der Waals surface area (Å²) in [6.45, 7) is 6.82. The summed E-state index contributed by atoms with van der Waals surface area (Å²) in [5, 5.41) is 10.2. The first-order valence-corrected chi connectivity index (χ1v) is 8.04. The van der Waals surface area contributed by atoms with E-state index in [9.17, 15) is 5.11 Å². The Morgan fingerprint density at radius 3 is 2.86 bits per heavy atom. The summed E-state index contributed by atoms with van der Waals surface area (Å²) in [6, 6.07) is 6.59. The van der Waals surface area contributed by atoms with E-state index in [2.05, 4.69) is 16.7 Å². The summed E-state index contributed by atoms with van der Waals surface area (Å²) >= 11 is 0. The maximum Gasteiger partial charge on any atom is 0.124 e. The molecule has 2 saturated heterocycles. The average Bonchev–Trinajstić information content (AvgIpc) is 2.53. The van der Waals surface area contributed by atoms with Crippen LogP contribution in [0.2, 0.25) is 0 Å². The van der Waals surface area contributed by atoms with Crippen LogP contribution in [0.25, 0.3) is 0 Å². The van der Waals surface area contributed by atoms with Crippen molar-refractivity contribution in [2.75, 3.05) is 33.3 Å². The molecule has 1 aromatic carbocycles. The Labute approximate surface area is 127 Å². The van der Waals surface area contributed by atoms with Crippen LogP contribution < -0.4 is 4.74 Å². The van der Waals surface area contributed by atoms with E-state index in [0.29, 0.717) is 17.5 Å². The summed E-state index contributed by atoms with van der Waals surface area (Å²) in [5.41, 5.74) is 1.00. The number of rotatable bonds is 3. The van der Waals surface area contributed by atoms with Crippen LogP contribution in [0.1, 0.15) is 37.8 Å². The Bertz CT molecular complexity index is 492. The first-order chi connectivity index (χ1) is 10.2. The van der Waals surface area contributed by atoms with Gasteiger partial charge in [0.1, 0.15) is 11.5 Å². The van der Waals surface area contributed by atoms with Crippen LogP contribution in [0.4, 0.5) is 0 Å². The van der Waals surface area contributed by atoms with Crippen LogP contribution in [0.15, 0.2) is 18.2 Å². The monoisotopic (exact) mass is 290 g/mol. The number of hydrogen-bond donors (Lipinski definition) is 1. The number of piperazine rings is 1. The van der Waals surface area contributed by atoms with Crippen molar-refractivity contribution in [2.45, 2.75) is 38.3 Å². The molecule has 1 aromatic rings. The van der Waals surface area contributed by atoms with Crippen LogP contribution in [-0.4, -0.2) is 54.2 Å². The fourth-order valence-electron chi connectivity index (χ4n) is 3.73. The van der Waals surface area contributed by atoms with Crippen LogP contribution in [-0.2, 0) is 0 Å². The van der Waals surface area contributed by atoms with Crippen molar-refractivity contribution in [1.82, 2.24) is 9.80 Å². The van der Waals surface area contributed by atoms with Crippen molar-refractivity contribution in [3.63, 3.8) is 0 Å². The van der Waals surface area contributed by atoms with E-state index >= 15 is 0 Å². The molecule has 3 rings (SSSR count). The van der Waals surface area contributed by atoms with Gasteiger partial charge in [-0.15, -0.1) is 0 Å². The maximum atomic E-state index is 10.2. The van der Waals surface area contributed by atoms with Crippen LogP contribution in [0.3, 0.4) is 0 Å². The van der Waals surface area contributed by atoms with Gasteiger partial charge in [-0.3, -0.25) is 9.80 Å². The molecule has 116 valence electrons. The van der Waals surface area contributed by atoms with Crippen molar-refractivity contribution in [2.24, 2.45) is 0 Å². The summed E-state index contributed by atoms with van der Waals surface area (Å²) in [5.74, 6) is 1.05. The molecule has 0 bridgehead atoms. The van der Waals surface area contributed by atoms with Crippen LogP contribution in [0.5, 0.6) is 11.5 Å². The third kappa shape index (κ3) is 3.01. The van der Waals surface area contributed by atoms with Crippen molar-refractivity contribution in [3.8, 4) is 11.5 Å². The van der Waals surface area contributed by atoms with E-state index < -0.39 is 0 Å². The number of ether oxygens (including phenoxy) is 1. The van der Waals surface area contributed by atoms with Gasteiger partial charge in [0.2, 0.25) is 0 Å². The largest absolute Gasteiger partial charge is 0.507 e. The topological polar surface area (TPSA) is 35.9 Å². The Hall–Kier alpha value is -1.26. The van der Waals surface area contributed by atoms with Crippen molar-refractivity contribution >= 4 is 0 Å². The number of aromatic hydroxyl groups is 1. The van der Waals surface area contributed by atoms with E-state index in [1.807, 2.05) is 12.1 Å². The highest BCUT2D eigenvalue weighted by molar-refractivity contribution is 5.41. The molecule has 0 spiro atoms. The van der Waals surface area contributed by atoms with Gasteiger partial charge in [0.05, 0.1) is 7.11 Å². The molecule has 2 atom stereocenters. The fraction of sp³-hybridized carbons (Fsp3) is 0.647. The van der Waals surface area contributed by atoms with Gasteiger partial charge in [-0.25, -0.2) is 0 Å². The van der Waals surface area contributed by atoms with Crippen molar-refractivity contribution < 1.29 is 9.84 Å². The second kappa shape index (κ2) is 6.24. The average molecular weight is 290 g/mol. The number of piperidine rings is 1. The SMILES string of the molecule is COc1ccc(C(C)N2CCN3CCCCC3C2)c(O)c1. The number of phenolic OH excluding ortho intramolecular Hbond substituents is 1. The number of benzene rings is 1. The predicted molar refractivity (Wildman–Crippen MR) is 83.9 cm³/mol. The molecule has 0 aliphatic carbocycles. The van der Waals surface area contributed by atoms with Crippen LogP contribution >= 0.6 is 0 Å². The zero-order valence-corrected chi connectivity index (χ0v) is 13.1. The van der Waals surface area contributed by atoms with Gasteiger partial charge in [-0.1, -0.05) is 12.5 Å². The maximum absolute atomic E-state index is 10.2. The molecule has 4 nitrogen and oxygen atoms in total. The quantitative estimate of drug-likeness (QED) is 0.928. The zero-order chi connectivity index (χ0) is 14.8. The highest BCUT2D eigenvalue weighted by Gasteiger charge is 2.31. The minimum atomic E-state index is 0.250. The smallest absolute Gasteiger partial charge is 0.124 e. The second-order valence-corrected chi connectivity index (χ2v) is 6.28. The van der Waals surface area contributed by atoms with E-state index in [1.54, 1.807) is 13.2 Å². The fourth-order valence-corrected chi connectivity index (χ4v) is 3.73. The van der Waals surface area contributed by atoms with Crippen molar-refractivity contribution in [3.05, 3.63) is 23.8 Å². The molecule has 21 heavy (non-hydrogen) atoms. The molecule has 2 fully saturated rings. The molecular weight excluding hydrogens is 264 g/mol. The van der Waals surface area contributed by atoms with Gasteiger partial charge in [0.25, 0.3) is 0 Å². The molecule has 1 N–H and O–H groups in total. The third-order valence-corrected chi connectivity index (χ3v) is 5.10. The van der Waals surface area contributed by atoms with Gasteiger partial charge in [0, 0.05) is 43.3 Å². The van der Waals surface area contributed by atoms with E-state index in [1.165, 1.54) is 25.8 Å². The highest BCUT2D eigenvalue weighted by Crippen LogP contribution is 2.33. The van der Waals surface area contributed by atoms with E-state index in [-0.39, 0.29) is 6.04 Å². The lowest BCUT2D eigenvalue weighted by atomic mass is 9.97. The molecule has 2 heterocycles. The first kappa shape index (κ1) is 14.7. The molecule has 0 amide bonds. The van der Waals surface area contributed by atoms with Crippen LogP contribution in [0, 0.1) is 0 Å². The van der Waals surface area contributed by atoms with E-state index in [0.717, 1.165) is 25.2 Å². The van der Waals surface area contributed by atoms with Crippen molar-refractivity contribution in [1.29, 1.82) is 0 Å². The normalized spacial score (nSPS) is 25.3. The summed E-state index contributed by atoms with van der Waals surface area (Å²) in [6.07, 6.45) is 4.03. The zero-order valence-electron chi connectivity index (χ0n) is 13.1. The van der Waals surface area contributed by atoms with Gasteiger partial charge in [-0.05, 0) is 32.4 Å². The first-order valence-electron chi connectivity index (χ1n) is 8.04. The standard InChI is InChI=1S/C17H26N2O2/c1-13(16-7-6-15(21-2)11-17(16)20)19-10-9-18-8-4-3-5-14(18)12-19/h6-7,11,13-14,20H,3-5,8-10,12H2,1-2H3. The Balaban J connectivity index is 1.71. The second-order valence-electron chi connectivity index (χ2n) is 6.28. The summed E-state index contributed by atoms with van der Waals surface area (Å²) in [7, 11) is 1.63. The van der Waals surface area contributed by atoms with Gasteiger partial charge < -0.3 is 9.84 Å². The molecule has 0 saturated carbocycles. The molecule has 2 aliphatic heterocycles. The molecule has 0 aromatic heterocycles. The number of methoxy groups -OCH3 is 1. The molecule has 2 aliphatic rings. The molecule has 0 radical (unpaired) electrons. The molecule has 4 heteroatoms. The van der Waals surface area contributed by atoms with Gasteiger partial charge >= 0.3 is 0 Å². The number of fused-ring (bicyclic) bond motifs is 1. The predicted octanol–water partition coefficient (Wildman–Crippen LogP) is 2.63. The summed E-state index contributed by atoms with van der Waals surface area (Å²) < 4.78 is 5.17. The Kier molecular flexibility index (Phi) is 4.36. The number of phenols is 1. The lowest BCUT2D eigenvalue weighted by molar-refractivity contribution is 0.0303. The number of nitrogens with zero attached hydrogens (tertiary/aromatic N) is 2. The van der Waals surface area contributed by atoms with Gasteiger partial charge in [0.15, 0.2) is 0 Å². The third-order valence-electron chi connectivity index (χ3n) is 5.10. The minimum Gasteiger partial charge on any atom is -0.507 e. The molecule has 2 unspecified atom stereocenters. The number of hydrogen-bond acceptors (Lipinski definition) is 4.